The summed E-state index contributed by atoms with van der Waals surface area (Å²) in [6.45, 7) is 0.758. The predicted molar refractivity (Wildman–Crippen MR) is 104 cm³/mol. The number of rotatable bonds is 4. The molecule has 5 nitrogen and oxygen atoms in total. The van der Waals surface area contributed by atoms with Crippen molar-refractivity contribution in [2.24, 2.45) is 0 Å². The second-order valence-corrected chi connectivity index (χ2v) is 7.08. The fraction of sp³-hybridized carbons (Fsp3) is 0.150. The molecule has 130 valence electrons. The van der Waals surface area contributed by atoms with E-state index in [9.17, 15) is 9.59 Å². The summed E-state index contributed by atoms with van der Waals surface area (Å²) in [4.78, 5) is 30.9. The van der Waals surface area contributed by atoms with Crippen LogP contribution in [0.25, 0.3) is 10.6 Å². The van der Waals surface area contributed by atoms with Gasteiger partial charge >= 0.3 is 0 Å². The Morgan fingerprint density at radius 2 is 1.85 bits per heavy atom. The van der Waals surface area contributed by atoms with Gasteiger partial charge in [0.1, 0.15) is 9.88 Å². The molecule has 0 aliphatic carbocycles. The van der Waals surface area contributed by atoms with Gasteiger partial charge < -0.3 is 10.2 Å². The van der Waals surface area contributed by atoms with Crippen molar-refractivity contribution >= 4 is 34.5 Å². The Morgan fingerprint density at radius 1 is 1.08 bits per heavy atom. The van der Waals surface area contributed by atoms with Gasteiger partial charge in [-0.1, -0.05) is 30.3 Å². The number of nitrogens with zero attached hydrogens (tertiary/aromatic N) is 2. The van der Waals surface area contributed by atoms with Crippen LogP contribution in [0.5, 0.6) is 0 Å². The molecule has 0 bridgehead atoms. The summed E-state index contributed by atoms with van der Waals surface area (Å²) in [5, 5.41) is 3.70. The van der Waals surface area contributed by atoms with Gasteiger partial charge in [0.2, 0.25) is 5.91 Å². The van der Waals surface area contributed by atoms with E-state index in [0.29, 0.717) is 17.0 Å². The molecule has 1 saturated heterocycles. The summed E-state index contributed by atoms with van der Waals surface area (Å²) in [6.07, 6.45) is 3.10. The van der Waals surface area contributed by atoms with Crippen molar-refractivity contribution in [3.05, 3.63) is 65.7 Å². The first kappa shape index (κ1) is 16.5. The van der Waals surface area contributed by atoms with Crippen molar-refractivity contribution in [3.63, 3.8) is 0 Å². The summed E-state index contributed by atoms with van der Waals surface area (Å²) in [5.74, 6) is -0.0328. The maximum absolute atomic E-state index is 12.4. The molecule has 0 unspecified atom stereocenters. The normalized spacial score (nSPS) is 13.8. The molecule has 1 fully saturated rings. The molecule has 2 heterocycles. The first-order valence-electron chi connectivity index (χ1n) is 8.44. The largest absolute Gasteiger partial charge is 0.321 e. The first-order valence-corrected chi connectivity index (χ1v) is 9.25. The Labute approximate surface area is 155 Å². The van der Waals surface area contributed by atoms with Gasteiger partial charge in [0, 0.05) is 29.9 Å². The number of benzene rings is 2. The minimum Gasteiger partial charge on any atom is -0.321 e. The molecule has 26 heavy (non-hydrogen) atoms. The van der Waals surface area contributed by atoms with Gasteiger partial charge in [-0.2, -0.15) is 0 Å². The standard InChI is InChI=1S/C20H17N3O2S/c24-18-7-4-12-23(18)16-10-8-15(9-11-16)22-19(25)17-13-21-20(26-17)14-5-2-1-3-6-14/h1-3,5-6,8-11,13H,4,7,12H2,(H,22,25). The van der Waals surface area contributed by atoms with Gasteiger partial charge in [0.25, 0.3) is 5.91 Å². The van der Waals surface area contributed by atoms with E-state index in [1.807, 2.05) is 54.6 Å². The Hall–Kier alpha value is -2.99. The smallest absolute Gasteiger partial charge is 0.267 e. The third-order valence-electron chi connectivity index (χ3n) is 4.26. The van der Waals surface area contributed by atoms with E-state index >= 15 is 0 Å². The van der Waals surface area contributed by atoms with E-state index in [2.05, 4.69) is 10.3 Å². The van der Waals surface area contributed by atoms with Crippen LogP contribution >= 0.6 is 11.3 Å². The molecule has 1 aromatic heterocycles. The van der Waals surface area contributed by atoms with E-state index in [0.717, 1.165) is 29.2 Å². The van der Waals surface area contributed by atoms with Crippen LogP contribution in [0, 0.1) is 0 Å². The van der Waals surface area contributed by atoms with E-state index in [1.165, 1.54) is 11.3 Å². The molecule has 6 heteroatoms. The number of nitrogens with one attached hydrogen (secondary N) is 1. The van der Waals surface area contributed by atoms with Crippen molar-refractivity contribution in [2.45, 2.75) is 12.8 Å². The van der Waals surface area contributed by atoms with Crippen LogP contribution in [-0.2, 0) is 4.79 Å². The highest BCUT2D eigenvalue weighted by molar-refractivity contribution is 7.17. The Balaban J connectivity index is 1.45. The second-order valence-electron chi connectivity index (χ2n) is 6.05. The Bertz CT molecular complexity index is 935. The zero-order valence-electron chi connectivity index (χ0n) is 14.0. The molecule has 1 aliphatic rings. The summed E-state index contributed by atoms with van der Waals surface area (Å²) in [7, 11) is 0. The van der Waals surface area contributed by atoms with E-state index in [-0.39, 0.29) is 11.8 Å². The van der Waals surface area contributed by atoms with Crippen molar-refractivity contribution in [1.82, 2.24) is 4.98 Å². The third kappa shape index (κ3) is 3.36. The van der Waals surface area contributed by atoms with Crippen LogP contribution < -0.4 is 10.2 Å². The van der Waals surface area contributed by atoms with Crippen LogP contribution in [0.4, 0.5) is 11.4 Å². The number of hydrogen-bond acceptors (Lipinski definition) is 4. The molecular weight excluding hydrogens is 346 g/mol. The summed E-state index contributed by atoms with van der Waals surface area (Å²) in [6, 6.07) is 17.1. The van der Waals surface area contributed by atoms with Crippen LogP contribution in [0.15, 0.2) is 60.8 Å². The number of carbonyl (C=O) groups excluding carboxylic acids is 2. The maximum atomic E-state index is 12.4. The molecule has 0 radical (unpaired) electrons. The molecule has 2 aromatic carbocycles. The zero-order valence-corrected chi connectivity index (χ0v) is 14.8. The fourth-order valence-electron chi connectivity index (χ4n) is 2.93. The van der Waals surface area contributed by atoms with Gasteiger partial charge in [-0.25, -0.2) is 4.98 Å². The number of hydrogen-bond donors (Lipinski definition) is 1. The summed E-state index contributed by atoms with van der Waals surface area (Å²) >= 11 is 1.36. The first-order chi connectivity index (χ1) is 12.7. The lowest BCUT2D eigenvalue weighted by Gasteiger charge is -2.16. The number of thiazole rings is 1. The molecule has 2 amide bonds. The summed E-state index contributed by atoms with van der Waals surface area (Å²) in [5.41, 5.74) is 2.56. The predicted octanol–water partition coefficient (Wildman–Crippen LogP) is 4.19. The molecule has 0 spiro atoms. The lowest BCUT2D eigenvalue weighted by atomic mass is 10.2. The van der Waals surface area contributed by atoms with E-state index in [4.69, 9.17) is 0 Å². The van der Waals surface area contributed by atoms with E-state index in [1.54, 1.807) is 11.1 Å². The molecule has 1 aliphatic heterocycles. The van der Waals surface area contributed by atoms with Crippen molar-refractivity contribution < 1.29 is 9.59 Å². The third-order valence-corrected chi connectivity index (χ3v) is 5.31. The summed E-state index contributed by atoms with van der Waals surface area (Å²) < 4.78 is 0. The van der Waals surface area contributed by atoms with Crippen LogP contribution in [0.2, 0.25) is 0 Å². The average Bonchev–Trinajstić information content (AvgIpc) is 3.32. The van der Waals surface area contributed by atoms with Crippen LogP contribution in [-0.4, -0.2) is 23.3 Å². The Morgan fingerprint density at radius 3 is 2.54 bits per heavy atom. The Kier molecular flexibility index (Phi) is 4.50. The van der Waals surface area contributed by atoms with Crippen molar-refractivity contribution in [1.29, 1.82) is 0 Å². The minimum atomic E-state index is -0.185. The highest BCUT2D eigenvalue weighted by atomic mass is 32.1. The van der Waals surface area contributed by atoms with Crippen LogP contribution in [0.1, 0.15) is 22.5 Å². The topological polar surface area (TPSA) is 62.3 Å². The second kappa shape index (κ2) is 7.09. The fourth-order valence-corrected chi connectivity index (χ4v) is 3.75. The number of aromatic nitrogens is 1. The van der Waals surface area contributed by atoms with Gasteiger partial charge in [-0.3, -0.25) is 9.59 Å². The number of amides is 2. The van der Waals surface area contributed by atoms with Crippen LogP contribution in [0.3, 0.4) is 0 Å². The lowest BCUT2D eigenvalue weighted by molar-refractivity contribution is -0.117. The van der Waals surface area contributed by atoms with E-state index < -0.39 is 0 Å². The quantitative estimate of drug-likeness (QED) is 0.756. The van der Waals surface area contributed by atoms with Gasteiger partial charge in [-0.05, 0) is 30.7 Å². The average molecular weight is 363 g/mol. The lowest BCUT2D eigenvalue weighted by Crippen LogP contribution is -2.23. The van der Waals surface area contributed by atoms with Crippen molar-refractivity contribution in [2.75, 3.05) is 16.8 Å². The highest BCUT2D eigenvalue weighted by Crippen LogP contribution is 2.26. The maximum Gasteiger partial charge on any atom is 0.267 e. The van der Waals surface area contributed by atoms with Gasteiger partial charge in [0.05, 0.1) is 6.20 Å². The monoisotopic (exact) mass is 363 g/mol. The molecular formula is C20H17N3O2S. The van der Waals surface area contributed by atoms with Gasteiger partial charge in [0.15, 0.2) is 0 Å². The molecule has 1 N–H and O–H groups in total. The van der Waals surface area contributed by atoms with Gasteiger partial charge in [-0.15, -0.1) is 11.3 Å². The number of carbonyl (C=O) groups is 2. The SMILES string of the molecule is O=C(Nc1ccc(N2CCCC2=O)cc1)c1cnc(-c2ccccc2)s1. The molecule has 3 aromatic rings. The minimum absolute atomic E-state index is 0.153. The molecule has 0 saturated carbocycles. The highest BCUT2D eigenvalue weighted by Gasteiger charge is 2.21. The number of anilines is 2. The molecule has 4 rings (SSSR count). The zero-order chi connectivity index (χ0) is 17.9. The molecule has 0 atom stereocenters. The van der Waals surface area contributed by atoms with Crippen molar-refractivity contribution in [3.8, 4) is 10.6 Å².